The summed E-state index contributed by atoms with van der Waals surface area (Å²) >= 11 is 0.115. The van der Waals surface area contributed by atoms with E-state index >= 15 is 0 Å². The van der Waals surface area contributed by atoms with Gasteiger partial charge < -0.3 is 0 Å². The fraction of sp³-hybridized carbons (Fsp3) is 0. The molecule has 0 fully saturated rings. The number of nitrogens with zero attached hydrogens (tertiary/aromatic N) is 1. The molecule has 1 aromatic heterocycles. The summed E-state index contributed by atoms with van der Waals surface area (Å²) in [6.07, 6.45) is 1.63. The molecule has 5 rings (SSSR count). The monoisotopic (exact) mass is 506 g/mol. The molecule has 0 aliphatic rings. The van der Waals surface area contributed by atoms with E-state index in [-0.39, 0.29) is 20.9 Å². The Kier molecular flexibility index (Phi) is 6.62. The molecule has 0 aliphatic heterocycles. The van der Waals surface area contributed by atoms with Crippen LogP contribution in [0.4, 0.5) is 5.69 Å². The molecule has 0 aliphatic carbocycles. The van der Waals surface area contributed by atoms with Crippen molar-refractivity contribution >= 4 is 35.5 Å². The van der Waals surface area contributed by atoms with Crippen LogP contribution in [0.2, 0.25) is 0 Å². The van der Waals surface area contributed by atoms with Crippen molar-refractivity contribution in [2.45, 2.75) is 0 Å². The molecule has 0 spiro atoms. The van der Waals surface area contributed by atoms with Crippen molar-refractivity contribution in [3.8, 4) is 22.3 Å². The Balaban J connectivity index is 1.59. The molecule has 3 nitrogen and oxygen atoms in total. The van der Waals surface area contributed by atoms with Gasteiger partial charge in [0.25, 0.3) is 0 Å². The second kappa shape index (κ2) is 10.3. The maximum absolute atomic E-state index is 12.9. The molecule has 1 heterocycles. The van der Waals surface area contributed by atoms with Gasteiger partial charge in [0, 0.05) is 0 Å². The van der Waals surface area contributed by atoms with Crippen LogP contribution in [0.3, 0.4) is 0 Å². The summed E-state index contributed by atoms with van der Waals surface area (Å²) in [7, 11) is 0. The van der Waals surface area contributed by atoms with E-state index in [1.807, 2.05) is 36.4 Å². The third-order valence-electron chi connectivity index (χ3n) is 5.42. The molecule has 0 unspecified atom stereocenters. The molecule has 1 amide bonds. The van der Waals surface area contributed by atoms with Gasteiger partial charge in [-0.15, -0.1) is 0 Å². The van der Waals surface area contributed by atoms with E-state index in [0.29, 0.717) is 5.69 Å². The number of anilines is 1. The number of hydrogen-bond donors (Lipinski definition) is 1. The number of amides is 1. The number of pyridine rings is 1. The molecule has 0 bridgehead atoms. The Morgan fingerprint density at radius 3 is 2.12 bits per heavy atom. The van der Waals surface area contributed by atoms with Crippen molar-refractivity contribution in [2.24, 2.45) is 0 Å². The average Bonchev–Trinajstić information content (AvgIpc) is 2.91. The Labute approximate surface area is 205 Å². The van der Waals surface area contributed by atoms with Crippen LogP contribution in [-0.4, -0.2) is 25.8 Å². The van der Waals surface area contributed by atoms with Gasteiger partial charge in [-0.25, -0.2) is 0 Å². The number of aromatic nitrogens is 1. The molecule has 5 aromatic rings. The molecular formula is C30H22N2OSe. The minimum atomic E-state index is -0.220. The van der Waals surface area contributed by atoms with E-state index in [1.165, 1.54) is 8.92 Å². The number of rotatable bonds is 6. The Morgan fingerprint density at radius 1 is 0.647 bits per heavy atom. The molecule has 0 radical (unpaired) electrons. The second-order valence-electron chi connectivity index (χ2n) is 7.71. The summed E-state index contributed by atoms with van der Waals surface area (Å²) in [6, 6.07) is 40.9. The van der Waals surface area contributed by atoms with Gasteiger partial charge in [0.15, 0.2) is 0 Å². The number of hydrogen-bond acceptors (Lipinski definition) is 2. The molecule has 164 valence electrons. The summed E-state index contributed by atoms with van der Waals surface area (Å²) in [5.41, 5.74) is 5.60. The molecule has 0 saturated heterocycles. The number of carbonyl (C=O) groups excluding carboxylic acids is 1. The third kappa shape index (κ3) is 4.99. The zero-order valence-electron chi connectivity index (χ0n) is 18.4. The molecule has 4 aromatic carbocycles. The summed E-state index contributed by atoms with van der Waals surface area (Å²) in [4.78, 5) is 17.1. The third-order valence-corrected chi connectivity index (χ3v) is 7.69. The van der Waals surface area contributed by atoms with Gasteiger partial charge in [0.2, 0.25) is 0 Å². The number of benzene rings is 4. The first-order chi connectivity index (χ1) is 16.8. The van der Waals surface area contributed by atoms with Gasteiger partial charge in [-0.1, -0.05) is 0 Å². The Bertz CT molecular complexity index is 1400. The zero-order valence-corrected chi connectivity index (χ0v) is 20.1. The molecule has 0 atom stereocenters. The van der Waals surface area contributed by atoms with E-state index < -0.39 is 0 Å². The first-order valence-electron chi connectivity index (χ1n) is 11.0. The number of carbonyl (C=O) groups is 1. The summed E-state index contributed by atoms with van der Waals surface area (Å²) in [5.74, 6) is -0.220. The zero-order chi connectivity index (χ0) is 23.2. The topological polar surface area (TPSA) is 42.0 Å². The van der Waals surface area contributed by atoms with Crippen LogP contribution in [0.15, 0.2) is 128 Å². The maximum atomic E-state index is 12.9. The van der Waals surface area contributed by atoms with Crippen molar-refractivity contribution in [3.63, 3.8) is 0 Å². The summed E-state index contributed by atoms with van der Waals surface area (Å²) in [5, 5.41) is 3.08. The van der Waals surface area contributed by atoms with Crippen LogP contribution in [0.25, 0.3) is 22.3 Å². The fourth-order valence-electron chi connectivity index (χ4n) is 3.77. The van der Waals surface area contributed by atoms with Crippen LogP contribution in [0.1, 0.15) is 10.5 Å². The Hall–Kier alpha value is -3.98. The average molecular weight is 505 g/mol. The van der Waals surface area contributed by atoms with Crippen molar-refractivity contribution in [1.82, 2.24) is 4.98 Å². The first-order valence-corrected chi connectivity index (χ1v) is 12.7. The SMILES string of the molecule is O=C(Nc1ccccc1-c1cc(-c2ccccc2)ccc1[Se]c1ccccc1)c1ccccn1. The van der Waals surface area contributed by atoms with Gasteiger partial charge >= 0.3 is 206 Å². The molecule has 1 N–H and O–H groups in total. The fourth-order valence-corrected chi connectivity index (χ4v) is 5.78. The quantitative estimate of drug-likeness (QED) is 0.318. The molecule has 4 heteroatoms. The van der Waals surface area contributed by atoms with Crippen molar-refractivity contribution in [3.05, 3.63) is 133 Å². The van der Waals surface area contributed by atoms with Crippen molar-refractivity contribution in [2.75, 3.05) is 5.32 Å². The normalized spacial score (nSPS) is 10.6. The van der Waals surface area contributed by atoms with Crippen LogP contribution >= 0.6 is 0 Å². The Morgan fingerprint density at radius 2 is 1.35 bits per heavy atom. The van der Waals surface area contributed by atoms with E-state index in [2.05, 4.69) is 83.1 Å². The standard InChI is InChI=1S/C30H22N2OSe/c33-30(28-17-9-10-20-31-28)32-27-16-8-7-15-25(27)26-21-23(22-11-3-1-4-12-22)18-19-29(26)34-24-13-5-2-6-14-24/h1-21H,(H,32,33). The van der Waals surface area contributed by atoms with Gasteiger partial charge in [0.1, 0.15) is 0 Å². The summed E-state index contributed by atoms with van der Waals surface area (Å²) in [6.45, 7) is 0. The van der Waals surface area contributed by atoms with E-state index in [1.54, 1.807) is 18.3 Å². The molecular weight excluding hydrogens is 483 g/mol. The van der Waals surface area contributed by atoms with Crippen LogP contribution in [0.5, 0.6) is 0 Å². The predicted octanol–water partition coefficient (Wildman–Crippen LogP) is 5.32. The van der Waals surface area contributed by atoms with E-state index in [9.17, 15) is 4.79 Å². The minimum absolute atomic E-state index is 0.115. The molecule has 34 heavy (non-hydrogen) atoms. The second-order valence-corrected chi connectivity index (χ2v) is 10.0. The van der Waals surface area contributed by atoms with Gasteiger partial charge in [0.05, 0.1) is 0 Å². The van der Waals surface area contributed by atoms with Gasteiger partial charge in [-0.05, 0) is 0 Å². The van der Waals surface area contributed by atoms with Gasteiger partial charge in [-0.2, -0.15) is 0 Å². The predicted molar refractivity (Wildman–Crippen MR) is 141 cm³/mol. The van der Waals surface area contributed by atoms with Crippen LogP contribution in [-0.2, 0) is 0 Å². The summed E-state index contributed by atoms with van der Waals surface area (Å²) < 4.78 is 2.57. The van der Waals surface area contributed by atoms with E-state index in [4.69, 9.17) is 0 Å². The molecule has 0 saturated carbocycles. The van der Waals surface area contributed by atoms with Crippen LogP contribution in [0, 0.1) is 0 Å². The van der Waals surface area contributed by atoms with Crippen LogP contribution < -0.4 is 14.2 Å². The number of nitrogens with one attached hydrogen (secondary N) is 1. The van der Waals surface area contributed by atoms with E-state index in [0.717, 1.165) is 27.9 Å². The van der Waals surface area contributed by atoms with Gasteiger partial charge in [-0.3, -0.25) is 0 Å². The van der Waals surface area contributed by atoms with Crippen molar-refractivity contribution < 1.29 is 4.79 Å². The number of para-hydroxylation sites is 1. The first kappa shape index (κ1) is 21.8. The van der Waals surface area contributed by atoms with Crippen molar-refractivity contribution in [1.29, 1.82) is 0 Å².